The second-order valence-electron chi connectivity index (χ2n) is 6.38. The van der Waals surface area contributed by atoms with Gasteiger partial charge in [0.15, 0.2) is 11.5 Å². The van der Waals surface area contributed by atoms with Crippen LogP contribution in [0.25, 0.3) is 0 Å². The number of carboxylic acids is 1. The van der Waals surface area contributed by atoms with E-state index < -0.39 is 5.97 Å². The number of likely N-dealkylation sites (tertiary alicyclic amines) is 1. The largest absolute Gasteiger partial charge is 0.493 e. The van der Waals surface area contributed by atoms with Crippen molar-refractivity contribution in [2.75, 3.05) is 39.9 Å². The molecule has 1 aliphatic rings. The number of carbonyl (C=O) groups is 2. The molecule has 0 atom stereocenters. The molecular formula is C19H28N2O5. The van der Waals surface area contributed by atoms with Gasteiger partial charge in [0.1, 0.15) is 6.61 Å². The lowest BCUT2D eigenvalue weighted by Crippen LogP contribution is -2.26. The van der Waals surface area contributed by atoms with E-state index >= 15 is 0 Å². The highest BCUT2D eigenvalue weighted by Gasteiger charge is 2.12. The lowest BCUT2D eigenvalue weighted by Gasteiger charge is -2.17. The summed E-state index contributed by atoms with van der Waals surface area (Å²) in [5.74, 6) is 0.191. The van der Waals surface area contributed by atoms with E-state index in [1.807, 2.05) is 18.2 Å². The van der Waals surface area contributed by atoms with Crippen LogP contribution >= 0.6 is 0 Å². The standard InChI is InChI=1S/C19H28N2O5/c1-25-16-5-4-15(8-9-20-18(22)6-7-19(23)24)14-17(16)26-13-12-21-10-2-3-11-21/h4-5,14H,2-3,6-13H2,1H3,(H,20,22)(H,23,24). The van der Waals surface area contributed by atoms with Gasteiger partial charge in [-0.15, -0.1) is 0 Å². The van der Waals surface area contributed by atoms with Gasteiger partial charge in [-0.3, -0.25) is 14.5 Å². The minimum absolute atomic E-state index is 0.00278. The number of nitrogens with zero attached hydrogens (tertiary/aromatic N) is 1. The van der Waals surface area contributed by atoms with Crippen LogP contribution in [0.15, 0.2) is 18.2 Å². The topological polar surface area (TPSA) is 88.1 Å². The number of nitrogens with one attached hydrogen (secondary N) is 1. The van der Waals surface area contributed by atoms with Gasteiger partial charge >= 0.3 is 5.97 Å². The van der Waals surface area contributed by atoms with Gasteiger partial charge in [0.05, 0.1) is 13.5 Å². The van der Waals surface area contributed by atoms with Gasteiger partial charge in [-0.2, -0.15) is 0 Å². The fourth-order valence-electron chi connectivity index (χ4n) is 2.94. The van der Waals surface area contributed by atoms with Crippen LogP contribution in [0.3, 0.4) is 0 Å². The zero-order valence-electron chi connectivity index (χ0n) is 15.3. The molecule has 144 valence electrons. The summed E-state index contributed by atoms with van der Waals surface area (Å²) in [6.07, 6.45) is 3.02. The first-order valence-corrected chi connectivity index (χ1v) is 9.09. The number of aliphatic carboxylic acids is 1. The van der Waals surface area contributed by atoms with Crippen molar-refractivity contribution in [3.05, 3.63) is 23.8 Å². The van der Waals surface area contributed by atoms with Crippen molar-refractivity contribution in [2.24, 2.45) is 0 Å². The zero-order chi connectivity index (χ0) is 18.8. The highest BCUT2D eigenvalue weighted by molar-refractivity contribution is 5.80. The maximum Gasteiger partial charge on any atom is 0.303 e. The van der Waals surface area contributed by atoms with Crippen LogP contribution in [0.5, 0.6) is 11.5 Å². The van der Waals surface area contributed by atoms with E-state index in [9.17, 15) is 9.59 Å². The molecule has 0 saturated carbocycles. The highest BCUT2D eigenvalue weighted by atomic mass is 16.5. The van der Waals surface area contributed by atoms with Crippen molar-refractivity contribution in [3.63, 3.8) is 0 Å². The molecule has 1 fully saturated rings. The van der Waals surface area contributed by atoms with Crippen LogP contribution < -0.4 is 14.8 Å². The van der Waals surface area contributed by atoms with E-state index in [1.54, 1.807) is 7.11 Å². The minimum atomic E-state index is -0.967. The molecule has 0 radical (unpaired) electrons. The number of amides is 1. The number of rotatable bonds is 11. The molecule has 7 nitrogen and oxygen atoms in total. The average Bonchev–Trinajstić information content (AvgIpc) is 3.13. The molecule has 7 heteroatoms. The Balaban J connectivity index is 1.79. The van der Waals surface area contributed by atoms with Crippen LogP contribution in [0.1, 0.15) is 31.2 Å². The first kappa shape index (κ1) is 20.0. The second-order valence-corrected chi connectivity index (χ2v) is 6.38. The molecule has 1 aromatic carbocycles. The first-order valence-electron chi connectivity index (χ1n) is 9.09. The van der Waals surface area contributed by atoms with Crippen molar-refractivity contribution >= 4 is 11.9 Å². The monoisotopic (exact) mass is 364 g/mol. The van der Waals surface area contributed by atoms with E-state index in [4.69, 9.17) is 14.6 Å². The molecule has 26 heavy (non-hydrogen) atoms. The van der Waals surface area contributed by atoms with Crippen LogP contribution in [0.2, 0.25) is 0 Å². The number of methoxy groups -OCH3 is 1. The quantitative estimate of drug-likeness (QED) is 0.621. The Bertz CT molecular complexity index is 600. The van der Waals surface area contributed by atoms with Crippen LogP contribution in [-0.4, -0.2) is 61.8 Å². The van der Waals surface area contributed by atoms with Gasteiger partial charge in [-0.25, -0.2) is 0 Å². The molecule has 1 aromatic rings. The summed E-state index contributed by atoms with van der Waals surface area (Å²) in [6, 6.07) is 5.74. The van der Waals surface area contributed by atoms with Crippen molar-refractivity contribution in [1.29, 1.82) is 0 Å². The summed E-state index contributed by atoms with van der Waals surface area (Å²) < 4.78 is 11.3. The molecule has 2 rings (SSSR count). The third-order valence-electron chi connectivity index (χ3n) is 4.39. The third kappa shape index (κ3) is 6.92. The van der Waals surface area contributed by atoms with E-state index in [-0.39, 0.29) is 18.7 Å². The van der Waals surface area contributed by atoms with Crippen LogP contribution in [-0.2, 0) is 16.0 Å². The van der Waals surface area contributed by atoms with Crippen molar-refractivity contribution < 1.29 is 24.2 Å². The van der Waals surface area contributed by atoms with Gasteiger partial charge in [0.25, 0.3) is 0 Å². The van der Waals surface area contributed by atoms with Crippen molar-refractivity contribution in [1.82, 2.24) is 10.2 Å². The minimum Gasteiger partial charge on any atom is -0.493 e. The SMILES string of the molecule is COc1ccc(CCNC(=O)CCC(=O)O)cc1OCCN1CCCC1. The zero-order valence-corrected chi connectivity index (χ0v) is 15.3. The number of carbonyl (C=O) groups excluding carboxylic acids is 1. The van der Waals surface area contributed by atoms with Crippen LogP contribution in [0, 0.1) is 0 Å². The smallest absolute Gasteiger partial charge is 0.303 e. The molecule has 0 spiro atoms. The number of carboxylic acid groups (broad SMARTS) is 1. The van der Waals surface area contributed by atoms with Gasteiger partial charge < -0.3 is 19.9 Å². The Morgan fingerprint density at radius 1 is 1.19 bits per heavy atom. The molecule has 0 aromatic heterocycles. The fourth-order valence-corrected chi connectivity index (χ4v) is 2.94. The number of hydrogen-bond acceptors (Lipinski definition) is 5. The van der Waals surface area contributed by atoms with Gasteiger partial charge in [0, 0.05) is 19.5 Å². The molecule has 1 saturated heterocycles. The highest BCUT2D eigenvalue weighted by Crippen LogP contribution is 2.28. The Hall–Kier alpha value is -2.28. The molecule has 1 aliphatic heterocycles. The maximum absolute atomic E-state index is 11.5. The van der Waals surface area contributed by atoms with E-state index in [0.717, 1.165) is 25.2 Å². The maximum atomic E-state index is 11.5. The molecular weight excluding hydrogens is 336 g/mol. The first-order chi connectivity index (χ1) is 12.6. The molecule has 1 amide bonds. The van der Waals surface area contributed by atoms with Gasteiger partial charge in [0.2, 0.25) is 5.91 Å². The van der Waals surface area contributed by atoms with E-state index in [2.05, 4.69) is 10.2 Å². The summed E-state index contributed by atoms with van der Waals surface area (Å²) in [7, 11) is 1.62. The van der Waals surface area contributed by atoms with E-state index in [0.29, 0.717) is 31.1 Å². The predicted molar refractivity (Wildman–Crippen MR) is 97.7 cm³/mol. The Kier molecular flexibility index (Phi) is 8.21. The molecule has 0 bridgehead atoms. The summed E-state index contributed by atoms with van der Waals surface area (Å²) >= 11 is 0. The number of benzene rings is 1. The number of hydrogen-bond donors (Lipinski definition) is 2. The Morgan fingerprint density at radius 3 is 2.65 bits per heavy atom. The molecule has 0 aliphatic carbocycles. The lowest BCUT2D eigenvalue weighted by molar-refractivity contribution is -0.138. The normalized spacial score (nSPS) is 14.2. The van der Waals surface area contributed by atoms with Crippen LogP contribution in [0.4, 0.5) is 0 Å². The van der Waals surface area contributed by atoms with Crippen molar-refractivity contribution in [3.8, 4) is 11.5 Å². The summed E-state index contributed by atoms with van der Waals surface area (Å²) in [4.78, 5) is 24.4. The number of ether oxygens (including phenoxy) is 2. The molecule has 1 heterocycles. The molecule has 0 unspecified atom stereocenters. The molecule has 2 N–H and O–H groups in total. The second kappa shape index (κ2) is 10.7. The van der Waals surface area contributed by atoms with E-state index in [1.165, 1.54) is 12.8 Å². The average molecular weight is 364 g/mol. The van der Waals surface area contributed by atoms with Gasteiger partial charge in [-0.1, -0.05) is 6.07 Å². The predicted octanol–water partition coefficient (Wildman–Crippen LogP) is 1.69. The lowest BCUT2D eigenvalue weighted by atomic mass is 10.1. The Morgan fingerprint density at radius 2 is 1.96 bits per heavy atom. The summed E-state index contributed by atoms with van der Waals surface area (Å²) in [5, 5.41) is 11.3. The Labute approximate surface area is 154 Å². The van der Waals surface area contributed by atoms with Crippen molar-refractivity contribution in [2.45, 2.75) is 32.1 Å². The summed E-state index contributed by atoms with van der Waals surface area (Å²) in [5.41, 5.74) is 1.03. The van der Waals surface area contributed by atoms with Gasteiger partial charge in [-0.05, 0) is 50.0 Å². The third-order valence-corrected chi connectivity index (χ3v) is 4.39. The fraction of sp³-hybridized carbons (Fsp3) is 0.579. The summed E-state index contributed by atoms with van der Waals surface area (Å²) in [6.45, 7) is 4.26.